The summed E-state index contributed by atoms with van der Waals surface area (Å²) >= 11 is 0. The van der Waals surface area contributed by atoms with Crippen LogP contribution in [0.15, 0.2) is 48.5 Å². The van der Waals surface area contributed by atoms with Gasteiger partial charge in [0.15, 0.2) is 5.78 Å². The molecule has 15 heteroatoms. The van der Waals surface area contributed by atoms with Crippen molar-refractivity contribution in [2.24, 2.45) is 5.73 Å². The molecule has 51 heavy (non-hydrogen) atoms. The Labute approximate surface area is 293 Å². The van der Waals surface area contributed by atoms with Gasteiger partial charge in [0.05, 0.1) is 52.5 Å². The summed E-state index contributed by atoms with van der Waals surface area (Å²) in [6.45, 7) is 9.62. The summed E-state index contributed by atoms with van der Waals surface area (Å²) in [6.07, 6.45) is 1.38. The van der Waals surface area contributed by atoms with E-state index in [4.69, 9.17) is 15.5 Å². The molecule has 2 amide bonds. The maximum absolute atomic E-state index is 13.5. The molecular formula is C36H40N10O5. The molecule has 0 atom stereocenters. The van der Waals surface area contributed by atoms with E-state index >= 15 is 0 Å². The number of Topliss-reactive ketones (excluding diaryl/α,β-unsaturated/α-hetero) is 1. The summed E-state index contributed by atoms with van der Waals surface area (Å²) in [6, 6.07) is 13.7. The van der Waals surface area contributed by atoms with Crippen LogP contribution >= 0.6 is 0 Å². The van der Waals surface area contributed by atoms with Gasteiger partial charge in [-0.15, -0.1) is 0 Å². The van der Waals surface area contributed by atoms with Gasteiger partial charge in [-0.05, 0) is 89.1 Å². The van der Waals surface area contributed by atoms with Gasteiger partial charge < -0.3 is 19.6 Å². The predicted molar refractivity (Wildman–Crippen MR) is 190 cm³/mol. The van der Waals surface area contributed by atoms with Crippen molar-refractivity contribution in [1.82, 2.24) is 38.7 Å². The van der Waals surface area contributed by atoms with E-state index in [1.165, 1.54) is 7.11 Å². The van der Waals surface area contributed by atoms with Gasteiger partial charge in [-0.3, -0.25) is 29.1 Å². The van der Waals surface area contributed by atoms with E-state index in [2.05, 4.69) is 20.5 Å². The van der Waals surface area contributed by atoms with Gasteiger partial charge in [-0.2, -0.15) is 10.2 Å². The first-order valence-electron chi connectivity index (χ1n) is 16.8. The van der Waals surface area contributed by atoms with Gasteiger partial charge in [0.2, 0.25) is 11.9 Å². The van der Waals surface area contributed by atoms with E-state index in [0.717, 1.165) is 22.4 Å². The molecule has 15 nitrogen and oxygen atoms in total. The molecule has 4 aromatic heterocycles. The molecule has 6 rings (SSSR count). The van der Waals surface area contributed by atoms with Gasteiger partial charge in [0.25, 0.3) is 5.91 Å². The molecule has 0 aliphatic carbocycles. The second-order valence-corrected chi connectivity index (χ2v) is 12.3. The van der Waals surface area contributed by atoms with Crippen LogP contribution in [-0.4, -0.2) is 69.3 Å². The number of nitrogens with zero attached hydrogens (tertiary/aromatic N) is 8. The van der Waals surface area contributed by atoms with Crippen molar-refractivity contribution in [3.63, 3.8) is 0 Å². The topological polar surface area (TPSA) is 187 Å². The number of hydrogen-bond acceptors (Lipinski definition) is 9. The zero-order valence-corrected chi connectivity index (χ0v) is 29.3. The lowest BCUT2D eigenvalue weighted by Crippen LogP contribution is -2.20. The molecule has 2 aromatic carbocycles. The molecule has 0 spiro atoms. The summed E-state index contributed by atoms with van der Waals surface area (Å²) in [7, 11) is 1.33. The van der Waals surface area contributed by atoms with Crippen LogP contribution in [0, 0.1) is 13.8 Å². The number of anilines is 1. The Balaban J connectivity index is 1.27. The molecule has 6 aromatic rings. The highest BCUT2D eigenvalue weighted by atomic mass is 16.5. The minimum Gasteiger partial charge on any atom is -0.465 e. The number of nitrogens with one attached hydrogen (secondary N) is 1. The van der Waals surface area contributed by atoms with Gasteiger partial charge in [0.1, 0.15) is 17.2 Å². The van der Waals surface area contributed by atoms with Crippen molar-refractivity contribution in [3.8, 4) is 0 Å². The molecule has 0 saturated heterocycles. The van der Waals surface area contributed by atoms with Gasteiger partial charge in [-0.25, -0.2) is 14.8 Å². The number of esters is 1. The number of hydrogen-bond donors (Lipinski definition) is 2. The number of benzene rings is 2. The van der Waals surface area contributed by atoms with E-state index in [0.29, 0.717) is 84.3 Å². The molecule has 3 N–H and O–H groups in total. The fourth-order valence-electron chi connectivity index (χ4n) is 6.33. The monoisotopic (exact) mass is 692 g/mol. The van der Waals surface area contributed by atoms with Gasteiger partial charge >= 0.3 is 5.97 Å². The third-order valence-electron chi connectivity index (χ3n) is 8.76. The second kappa shape index (κ2) is 14.4. The molecule has 0 saturated carbocycles. The number of rotatable bonds is 14. The SMILES string of the molecule is CCn1nc(C)cc1C(=O)Cc1nc2cc(C(=O)OC)ccc2n1CCCCn1c(NC(=O)c2cc(C)nn2CC)nc2cc(C(N)=O)ccc21. The van der Waals surface area contributed by atoms with E-state index < -0.39 is 11.9 Å². The third kappa shape index (κ3) is 7.00. The fraction of sp³-hybridized carbons (Fsp3) is 0.333. The molecular weight excluding hydrogens is 652 g/mol. The van der Waals surface area contributed by atoms with Crippen molar-refractivity contribution in [3.05, 3.63) is 88.3 Å². The number of imidazole rings is 2. The lowest BCUT2D eigenvalue weighted by atomic mass is 10.2. The summed E-state index contributed by atoms with van der Waals surface area (Å²) in [4.78, 5) is 60.6. The predicted octanol–water partition coefficient (Wildman–Crippen LogP) is 4.48. The first-order valence-corrected chi connectivity index (χ1v) is 16.8. The van der Waals surface area contributed by atoms with Crippen molar-refractivity contribution in [2.75, 3.05) is 12.4 Å². The number of amides is 2. The number of carbonyl (C=O) groups excluding carboxylic acids is 4. The lowest BCUT2D eigenvalue weighted by Gasteiger charge is -2.12. The number of nitrogens with two attached hydrogens (primary N) is 1. The Bertz CT molecular complexity index is 2310. The standard InChI is InChI=1S/C36H40N10O5/c1-6-45-29(16-21(3)41-45)31(47)20-32-38-25-19-24(35(50)51-5)11-13-27(25)43(32)14-8-9-15-44-28-12-10-23(33(37)48)18-26(28)39-36(44)40-34(49)30-17-22(4)42-46(30)7-2/h10-13,16-19H,6-9,14-15,20H2,1-5H3,(H2,37,48)(H,39,40,49). The molecule has 0 fully saturated rings. The van der Waals surface area contributed by atoms with E-state index in [1.54, 1.807) is 51.8 Å². The molecule has 0 unspecified atom stereocenters. The molecule has 0 aliphatic rings. The number of aryl methyl sites for hydroxylation is 6. The van der Waals surface area contributed by atoms with Crippen molar-refractivity contribution in [1.29, 1.82) is 0 Å². The van der Waals surface area contributed by atoms with Crippen LogP contribution < -0.4 is 11.1 Å². The van der Waals surface area contributed by atoms with Crippen LogP contribution in [0.4, 0.5) is 5.95 Å². The Morgan fingerprint density at radius 1 is 0.765 bits per heavy atom. The largest absolute Gasteiger partial charge is 0.465 e. The number of carbonyl (C=O) groups is 4. The zero-order chi connectivity index (χ0) is 36.4. The molecule has 0 radical (unpaired) electrons. The molecule has 0 bridgehead atoms. The van der Waals surface area contributed by atoms with E-state index in [-0.39, 0.29) is 18.1 Å². The Morgan fingerprint density at radius 3 is 1.98 bits per heavy atom. The van der Waals surface area contributed by atoms with Gasteiger partial charge in [0, 0.05) is 31.7 Å². The summed E-state index contributed by atoms with van der Waals surface area (Å²) in [5.41, 5.74) is 11.2. The van der Waals surface area contributed by atoms with Crippen molar-refractivity contribution < 1.29 is 23.9 Å². The first kappa shape index (κ1) is 34.7. The third-order valence-corrected chi connectivity index (χ3v) is 8.76. The highest BCUT2D eigenvalue weighted by molar-refractivity contribution is 6.03. The Morgan fingerprint density at radius 2 is 1.33 bits per heavy atom. The number of primary amides is 1. The van der Waals surface area contributed by atoms with Crippen LogP contribution in [-0.2, 0) is 37.3 Å². The fourth-order valence-corrected chi connectivity index (χ4v) is 6.33. The average molecular weight is 693 g/mol. The van der Waals surface area contributed by atoms with E-state index in [9.17, 15) is 19.2 Å². The molecule has 264 valence electrons. The Hall–Kier alpha value is -6.12. The van der Waals surface area contributed by atoms with E-state index in [1.807, 2.05) is 42.9 Å². The van der Waals surface area contributed by atoms with Crippen LogP contribution in [0.5, 0.6) is 0 Å². The molecule has 0 aliphatic heterocycles. The lowest BCUT2D eigenvalue weighted by molar-refractivity contribution is 0.0600. The normalized spacial score (nSPS) is 11.4. The maximum atomic E-state index is 13.5. The quantitative estimate of drug-likeness (QED) is 0.0943. The summed E-state index contributed by atoms with van der Waals surface area (Å²) in [5, 5.41) is 11.8. The zero-order valence-electron chi connectivity index (χ0n) is 29.3. The number of aromatic nitrogens is 8. The summed E-state index contributed by atoms with van der Waals surface area (Å²) < 4.78 is 12.1. The number of fused-ring (bicyclic) bond motifs is 2. The van der Waals surface area contributed by atoms with Crippen LogP contribution in [0.25, 0.3) is 22.1 Å². The number of methoxy groups -OCH3 is 1. The van der Waals surface area contributed by atoms with Crippen LogP contribution in [0.2, 0.25) is 0 Å². The molecule has 4 heterocycles. The van der Waals surface area contributed by atoms with Gasteiger partial charge in [-0.1, -0.05) is 0 Å². The summed E-state index contributed by atoms with van der Waals surface area (Å²) in [5.74, 6) is -0.609. The van der Waals surface area contributed by atoms with Crippen LogP contribution in [0.3, 0.4) is 0 Å². The number of ether oxygens (including phenoxy) is 1. The second-order valence-electron chi connectivity index (χ2n) is 12.3. The smallest absolute Gasteiger partial charge is 0.337 e. The minimum atomic E-state index is -0.575. The Kier molecular flexibility index (Phi) is 9.80. The van der Waals surface area contributed by atoms with Crippen molar-refractivity contribution in [2.45, 2.75) is 73.1 Å². The van der Waals surface area contributed by atoms with Crippen LogP contribution in [0.1, 0.15) is 85.6 Å². The first-order chi connectivity index (χ1) is 24.5. The highest BCUT2D eigenvalue weighted by Gasteiger charge is 2.21. The van der Waals surface area contributed by atoms with Crippen molar-refractivity contribution >= 4 is 51.6 Å². The number of ketones is 1. The number of unbranched alkanes of at least 4 members (excludes halogenated alkanes) is 1. The minimum absolute atomic E-state index is 0.0473. The maximum Gasteiger partial charge on any atom is 0.337 e. The highest BCUT2D eigenvalue weighted by Crippen LogP contribution is 2.25. The average Bonchev–Trinajstić information content (AvgIpc) is 3.87.